The summed E-state index contributed by atoms with van der Waals surface area (Å²) in [5, 5.41) is 1.99. The molecule has 0 spiro atoms. The lowest BCUT2D eigenvalue weighted by atomic mass is 10.3. The van der Waals surface area contributed by atoms with E-state index >= 15 is 0 Å². The summed E-state index contributed by atoms with van der Waals surface area (Å²) < 4.78 is 6.72. The SMILES string of the molecule is Nc1ccc(OCCCSc2nccs2)cc1. The van der Waals surface area contributed by atoms with E-state index in [1.54, 1.807) is 23.1 Å². The summed E-state index contributed by atoms with van der Waals surface area (Å²) >= 11 is 3.45. The van der Waals surface area contributed by atoms with Crippen LogP contribution in [-0.4, -0.2) is 17.3 Å². The van der Waals surface area contributed by atoms with Gasteiger partial charge in [-0.1, -0.05) is 11.8 Å². The van der Waals surface area contributed by atoms with E-state index in [0.29, 0.717) is 0 Å². The standard InChI is InChI=1S/C12H14N2OS2/c13-10-2-4-11(5-3-10)15-7-1-8-16-12-14-6-9-17-12/h2-6,9H,1,7-8,13H2. The molecule has 0 aliphatic carbocycles. The van der Waals surface area contributed by atoms with Gasteiger partial charge in [0.25, 0.3) is 0 Å². The number of ether oxygens (including phenoxy) is 1. The molecule has 0 amide bonds. The van der Waals surface area contributed by atoms with E-state index in [9.17, 15) is 0 Å². The van der Waals surface area contributed by atoms with E-state index in [-0.39, 0.29) is 0 Å². The van der Waals surface area contributed by atoms with E-state index in [2.05, 4.69) is 4.98 Å². The molecule has 0 bridgehead atoms. The monoisotopic (exact) mass is 266 g/mol. The Morgan fingerprint density at radius 2 is 2.12 bits per heavy atom. The number of anilines is 1. The molecule has 0 fully saturated rings. The molecule has 2 N–H and O–H groups in total. The fraction of sp³-hybridized carbons (Fsp3) is 0.250. The molecule has 0 aliphatic heterocycles. The highest BCUT2D eigenvalue weighted by Gasteiger charge is 1.97. The van der Waals surface area contributed by atoms with Crippen LogP contribution < -0.4 is 10.5 Å². The van der Waals surface area contributed by atoms with E-state index in [4.69, 9.17) is 10.5 Å². The van der Waals surface area contributed by atoms with E-state index < -0.39 is 0 Å². The predicted octanol–water partition coefficient (Wildman–Crippen LogP) is 3.29. The van der Waals surface area contributed by atoms with Gasteiger partial charge in [0.1, 0.15) is 10.1 Å². The summed E-state index contributed by atoms with van der Waals surface area (Å²) in [6.07, 6.45) is 2.84. The molecule has 0 unspecified atom stereocenters. The Morgan fingerprint density at radius 3 is 2.82 bits per heavy atom. The van der Waals surface area contributed by atoms with Gasteiger partial charge >= 0.3 is 0 Å². The lowest BCUT2D eigenvalue weighted by molar-refractivity contribution is 0.319. The van der Waals surface area contributed by atoms with Gasteiger partial charge in [-0.3, -0.25) is 0 Å². The Morgan fingerprint density at radius 1 is 1.29 bits per heavy atom. The molecule has 1 aromatic carbocycles. The molecule has 2 aromatic rings. The molecule has 90 valence electrons. The second kappa shape index (κ2) is 6.51. The zero-order chi connectivity index (χ0) is 11.9. The Kier molecular flexibility index (Phi) is 4.70. The van der Waals surface area contributed by atoms with Gasteiger partial charge in [0.15, 0.2) is 0 Å². The highest BCUT2D eigenvalue weighted by atomic mass is 32.2. The van der Waals surface area contributed by atoms with Crippen molar-refractivity contribution in [1.82, 2.24) is 4.98 Å². The molecule has 0 aliphatic rings. The number of hydrogen-bond donors (Lipinski definition) is 1. The topological polar surface area (TPSA) is 48.1 Å². The number of benzene rings is 1. The number of nitrogen functional groups attached to an aromatic ring is 1. The maximum atomic E-state index is 5.59. The molecule has 1 aromatic heterocycles. The fourth-order valence-corrected chi connectivity index (χ4v) is 2.87. The summed E-state index contributed by atoms with van der Waals surface area (Å²) in [7, 11) is 0. The lowest BCUT2D eigenvalue weighted by Gasteiger charge is -2.05. The number of aromatic nitrogens is 1. The van der Waals surface area contributed by atoms with Crippen molar-refractivity contribution in [2.24, 2.45) is 0 Å². The van der Waals surface area contributed by atoms with Crippen LogP contribution in [0.15, 0.2) is 40.2 Å². The molecule has 1 heterocycles. The third-order valence-electron chi connectivity index (χ3n) is 2.07. The Bertz CT molecular complexity index is 428. The van der Waals surface area contributed by atoms with Crippen LogP contribution >= 0.6 is 23.1 Å². The van der Waals surface area contributed by atoms with Crippen LogP contribution in [0.2, 0.25) is 0 Å². The van der Waals surface area contributed by atoms with Crippen LogP contribution in [0.25, 0.3) is 0 Å². The number of thioether (sulfide) groups is 1. The van der Waals surface area contributed by atoms with Crippen molar-refractivity contribution in [2.45, 2.75) is 10.8 Å². The molecule has 0 saturated heterocycles. The van der Waals surface area contributed by atoms with E-state index in [0.717, 1.165) is 34.6 Å². The summed E-state index contributed by atoms with van der Waals surface area (Å²) in [6, 6.07) is 7.48. The second-order valence-electron chi connectivity index (χ2n) is 3.42. The molecule has 5 heteroatoms. The Balaban J connectivity index is 1.61. The Labute approximate surface area is 109 Å². The minimum absolute atomic E-state index is 0.724. The summed E-state index contributed by atoms with van der Waals surface area (Å²) in [5.41, 5.74) is 6.35. The average Bonchev–Trinajstić information content (AvgIpc) is 2.84. The van der Waals surface area contributed by atoms with Gasteiger partial charge in [-0.15, -0.1) is 11.3 Å². The van der Waals surface area contributed by atoms with Gasteiger partial charge in [0.05, 0.1) is 6.61 Å². The van der Waals surface area contributed by atoms with Crippen molar-refractivity contribution in [3.05, 3.63) is 35.8 Å². The average molecular weight is 266 g/mol. The summed E-state index contributed by atoms with van der Waals surface area (Å²) in [5.74, 6) is 1.90. The largest absolute Gasteiger partial charge is 0.494 e. The lowest BCUT2D eigenvalue weighted by Crippen LogP contribution is -1.98. The van der Waals surface area contributed by atoms with Crippen LogP contribution in [0.1, 0.15) is 6.42 Å². The molecular weight excluding hydrogens is 252 g/mol. The van der Waals surface area contributed by atoms with Gasteiger partial charge in [-0.25, -0.2) is 4.98 Å². The maximum Gasteiger partial charge on any atom is 0.149 e. The van der Waals surface area contributed by atoms with E-state index in [1.807, 2.05) is 35.8 Å². The molecule has 17 heavy (non-hydrogen) atoms. The molecule has 0 atom stereocenters. The summed E-state index contributed by atoms with van der Waals surface area (Å²) in [6.45, 7) is 0.724. The molecule has 3 nitrogen and oxygen atoms in total. The minimum atomic E-state index is 0.724. The normalized spacial score (nSPS) is 10.4. The second-order valence-corrected chi connectivity index (χ2v) is 5.65. The highest BCUT2D eigenvalue weighted by Crippen LogP contribution is 2.21. The summed E-state index contributed by atoms with van der Waals surface area (Å²) in [4.78, 5) is 4.21. The van der Waals surface area contributed by atoms with Crippen LogP contribution in [0, 0.1) is 0 Å². The number of rotatable bonds is 6. The fourth-order valence-electron chi connectivity index (χ4n) is 1.25. The first-order valence-corrected chi connectivity index (χ1v) is 7.22. The Hall–Kier alpha value is -1.20. The maximum absolute atomic E-state index is 5.59. The number of nitrogens with zero attached hydrogens (tertiary/aromatic N) is 1. The first kappa shape index (κ1) is 12.3. The van der Waals surface area contributed by atoms with Crippen molar-refractivity contribution < 1.29 is 4.74 Å². The predicted molar refractivity (Wildman–Crippen MR) is 73.8 cm³/mol. The zero-order valence-corrected chi connectivity index (χ0v) is 11.0. The third-order valence-corrected chi connectivity index (χ3v) is 4.12. The van der Waals surface area contributed by atoms with Gasteiger partial charge in [-0.2, -0.15) is 0 Å². The van der Waals surface area contributed by atoms with Crippen LogP contribution in [0.4, 0.5) is 5.69 Å². The molecule has 0 saturated carbocycles. The number of hydrogen-bond acceptors (Lipinski definition) is 5. The number of thiazole rings is 1. The minimum Gasteiger partial charge on any atom is -0.494 e. The van der Waals surface area contributed by atoms with Crippen molar-refractivity contribution in [3.63, 3.8) is 0 Å². The van der Waals surface area contributed by atoms with E-state index in [1.165, 1.54) is 0 Å². The highest BCUT2D eigenvalue weighted by molar-refractivity contribution is 8.00. The van der Waals surface area contributed by atoms with Gasteiger partial charge in [0, 0.05) is 23.0 Å². The van der Waals surface area contributed by atoms with Gasteiger partial charge in [0.2, 0.25) is 0 Å². The van der Waals surface area contributed by atoms with Gasteiger partial charge < -0.3 is 10.5 Å². The number of nitrogens with two attached hydrogens (primary N) is 1. The quantitative estimate of drug-likeness (QED) is 0.495. The van der Waals surface area contributed by atoms with Crippen molar-refractivity contribution in [2.75, 3.05) is 18.1 Å². The van der Waals surface area contributed by atoms with Crippen LogP contribution in [0.3, 0.4) is 0 Å². The van der Waals surface area contributed by atoms with Crippen LogP contribution in [-0.2, 0) is 0 Å². The van der Waals surface area contributed by atoms with Crippen molar-refractivity contribution in [3.8, 4) is 5.75 Å². The first-order valence-electron chi connectivity index (χ1n) is 5.35. The molecule has 0 radical (unpaired) electrons. The third kappa shape index (κ3) is 4.28. The van der Waals surface area contributed by atoms with Crippen LogP contribution in [0.5, 0.6) is 5.75 Å². The van der Waals surface area contributed by atoms with Crippen molar-refractivity contribution in [1.29, 1.82) is 0 Å². The smallest absolute Gasteiger partial charge is 0.149 e. The first-order chi connectivity index (χ1) is 8.34. The molecular formula is C12H14N2OS2. The van der Waals surface area contributed by atoms with Gasteiger partial charge in [-0.05, 0) is 30.7 Å². The van der Waals surface area contributed by atoms with Crippen molar-refractivity contribution >= 4 is 28.8 Å². The zero-order valence-electron chi connectivity index (χ0n) is 9.33. The molecule has 2 rings (SSSR count).